The molecular weight excluding hydrogens is 234 g/mol. The first-order chi connectivity index (χ1) is 1.73. The van der Waals surface area contributed by atoms with E-state index in [0.717, 1.165) is 0 Å². The Bertz CT molecular complexity index is 37.9. The molecule has 9 heavy (non-hydrogen) atoms. The van der Waals surface area contributed by atoms with Crippen LogP contribution in [0.5, 0.6) is 0 Å². The van der Waals surface area contributed by atoms with E-state index in [1.54, 1.807) is 0 Å². The van der Waals surface area contributed by atoms with Crippen molar-refractivity contribution < 1.29 is 146 Å². The van der Waals surface area contributed by atoms with E-state index in [9.17, 15) is 0 Å². The summed E-state index contributed by atoms with van der Waals surface area (Å²) in [6.07, 6.45) is -2.33. The van der Waals surface area contributed by atoms with E-state index in [4.69, 9.17) is 15.0 Å². The average Bonchev–Trinajstić information content (AvgIpc) is 0.811. The van der Waals surface area contributed by atoms with Crippen LogP contribution in [0.25, 0.3) is 0 Å². The first-order valence-electron chi connectivity index (χ1n) is 0.612. The van der Waals surface area contributed by atoms with E-state index in [0.29, 0.717) is 0 Å². The number of carbonyl (C=O) groups excluding carboxylic acids is 1. The second-order valence-electron chi connectivity index (χ2n) is 0.250. The molecule has 0 aliphatic heterocycles. The normalized spacial score (nSPS) is 2.67. The molecule has 0 heterocycles. The molecule has 51 valence electrons. The number of hydrogen-bond donors (Lipinski definition) is 0. The van der Waals surface area contributed by atoms with Gasteiger partial charge in [0.05, 0.1) is 0 Å². The Labute approximate surface area is 148 Å². The van der Waals surface area contributed by atoms with Crippen LogP contribution in [0.2, 0.25) is 0 Å². The number of rotatable bonds is 0. The van der Waals surface area contributed by atoms with Gasteiger partial charge in [0.2, 0.25) is 0 Å². The predicted molar refractivity (Wildman–Crippen MR) is 12.6 cm³/mol. The third-order valence-electron chi connectivity index (χ3n) is 0. The van der Waals surface area contributed by atoms with Crippen LogP contribution in [0.3, 0.4) is 0 Å². The fourth-order valence-electron chi connectivity index (χ4n) is 0. The minimum atomic E-state index is -2.33. The summed E-state index contributed by atoms with van der Waals surface area (Å²) in [5.41, 5.74) is 0. The van der Waals surface area contributed by atoms with E-state index < -0.39 is 6.16 Å². The molecule has 0 fully saturated rings. The molecule has 0 atom stereocenters. The summed E-state index contributed by atoms with van der Waals surface area (Å²) in [4.78, 5) is 8.33. The summed E-state index contributed by atoms with van der Waals surface area (Å²) >= 11 is 0. The first kappa shape index (κ1) is 40.4. The van der Waals surface area contributed by atoms with Gasteiger partial charge in [0.1, 0.15) is 0 Å². The van der Waals surface area contributed by atoms with Crippen LogP contribution in [-0.4, -0.2) is 17.1 Å². The Morgan fingerprint density at radius 1 is 1.00 bits per heavy atom. The third kappa shape index (κ3) is 99.6. The molecule has 0 spiro atoms. The minimum Gasteiger partial charge on any atom is -0.652 e. The van der Waals surface area contributed by atoms with E-state index in [1.807, 2.05) is 0 Å². The van der Waals surface area contributed by atoms with E-state index in [2.05, 4.69) is 0 Å². The topological polar surface area (TPSA) is 126 Å². The number of hydrogen-bond acceptors (Lipinski definition) is 3. The van der Waals surface area contributed by atoms with Crippen LogP contribution in [0.4, 0.5) is 4.79 Å². The molecule has 0 unspecified atom stereocenters. The fourth-order valence-corrected chi connectivity index (χ4v) is 0. The Balaban J connectivity index is -0.00000000450. The third-order valence-corrected chi connectivity index (χ3v) is 0. The Morgan fingerprint density at radius 3 is 1.00 bits per heavy atom. The summed E-state index contributed by atoms with van der Waals surface area (Å²) in [7, 11) is 0. The van der Waals surface area contributed by atoms with Gasteiger partial charge < -0.3 is 26.0 Å². The van der Waals surface area contributed by atoms with Crippen LogP contribution in [0.15, 0.2) is 0 Å². The summed E-state index contributed by atoms with van der Waals surface area (Å²) in [6, 6.07) is 0. The van der Waals surface area contributed by atoms with Crippen molar-refractivity contribution in [1.29, 1.82) is 0 Å². The molecule has 0 rings (SSSR count). The molecule has 0 aromatic carbocycles. The van der Waals surface area contributed by atoms with Gasteiger partial charge in [-0.05, 0) is 6.16 Å². The van der Waals surface area contributed by atoms with Crippen molar-refractivity contribution in [2.75, 3.05) is 0 Å². The van der Waals surface area contributed by atoms with Crippen molar-refractivity contribution in [2.45, 2.75) is 0 Å². The Morgan fingerprint density at radius 2 is 1.00 bits per heavy atom. The SMILES string of the molecule is O.O.O=C([O-])[O-].[Cu].[K+].[K+]. The smallest absolute Gasteiger partial charge is 0.652 e. The van der Waals surface area contributed by atoms with Gasteiger partial charge in [-0.15, -0.1) is 0 Å². The molecule has 0 aliphatic carbocycles. The Kier molecular flexibility index (Phi) is 137. The van der Waals surface area contributed by atoms with E-state index in [1.165, 1.54) is 0 Å². The van der Waals surface area contributed by atoms with E-state index in [-0.39, 0.29) is 131 Å². The van der Waals surface area contributed by atoms with Crippen molar-refractivity contribution in [3.63, 3.8) is 0 Å². The van der Waals surface area contributed by atoms with Crippen LogP contribution in [0, 0.1) is 0 Å². The van der Waals surface area contributed by atoms with Gasteiger partial charge in [-0.25, -0.2) is 0 Å². The van der Waals surface area contributed by atoms with E-state index >= 15 is 0 Å². The summed E-state index contributed by atoms with van der Waals surface area (Å²) in [6.45, 7) is 0. The van der Waals surface area contributed by atoms with Gasteiger partial charge in [-0.1, -0.05) is 0 Å². The van der Waals surface area contributed by atoms with Gasteiger partial charge in [0.15, 0.2) is 0 Å². The summed E-state index contributed by atoms with van der Waals surface area (Å²) < 4.78 is 0. The standard InChI is InChI=1S/CH2O3.Cu.2K.2H2O/c2-1(3)4;;;;;/h(H2,2,3,4);;;;2*1H2/q;;2*+1;;/p-2. The van der Waals surface area contributed by atoms with Crippen LogP contribution < -0.4 is 113 Å². The molecule has 5 nitrogen and oxygen atoms in total. The average molecular weight is 238 g/mol. The molecule has 0 saturated carbocycles. The minimum absolute atomic E-state index is 0. The maximum atomic E-state index is 8.33. The van der Waals surface area contributed by atoms with Gasteiger partial charge in [-0.3, -0.25) is 0 Å². The first-order valence-corrected chi connectivity index (χ1v) is 0.612. The fraction of sp³-hybridized carbons (Fsp3) is 0. The molecule has 0 aromatic heterocycles. The maximum Gasteiger partial charge on any atom is 1.00 e. The summed E-state index contributed by atoms with van der Waals surface area (Å²) in [5, 5.41) is 16.7. The van der Waals surface area contributed by atoms with Gasteiger partial charge in [0, 0.05) is 17.1 Å². The second kappa shape index (κ2) is 30.6. The van der Waals surface area contributed by atoms with Crippen molar-refractivity contribution >= 4 is 6.16 Å². The number of carboxylic acid groups (broad SMARTS) is 2. The molecule has 0 bridgehead atoms. The monoisotopic (exact) mass is 237 g/mol. The quantitative estimate of drug-likeness (QED) is 0.388. The molecule has 0 amide bonds. The molecule has 8 heteroatoms. The second-order valence-corrected chi connectivity index (χ2v) is 0.250. The molecular formula is CH4CuK2O5. The Hall–Kier alpha value is 2.98. The zero-order valence-electron chi connectivity index (χ0n) is 5.03. The van der Waals surface area contributed by atoms with Crippen LogP contribution >= 0.6 is 0 Å². The van der Waals surface area contributed by atoms with Crippen molar-refractivity contribution in [2.24, 2.45) is 0 Å². The van der Waals surface area contributed by atoms with Crippen LogP contribution in [-0.2, 0) is 17.1 Å². The largest absolute Gasteiger partial charge is 1.00 e. The molecule has 1 radical (unpaired) electrons. The molecule has 0 saturated heterocycles. The number of carbonyl (C=O) groups is 1. The van der Waals surface area contributed by atoms with Crippen LogP contribution in [0.1, 0.15) is 0 Å². The van der Waals surface area contributed by atoms with Crippen molar-refractivity contribution in [3.05, 3.63) is 0 Å². The zero-order valence-corrected chi connectivity index (χ0v) is 12.2. The predicted octanol–water partition coefficient (Wildman–Crippen LogP) is -10.1. The molecule has 4 N–H and O–H groups in total. The maximum absolute atomic E-state index is 8.33. The van der Waals surface area contributed by atoms with Crippen molar-refractivity contribution in [1.82, 2.24) is 0 Å². The van der Waals surface area contributed by atoms with Crippen molar-refractivity contribution in [3.8, 4) is 0 Å². The van der Waals surface area contributed by atoms with Gasteiger partial charge in [-0.2, -0.15) is 0 Å². The van der Waals surface area contributed by atoms with Gasteiger partial charge >= 0.3 is 103 Å². The molecule has 0 aliphatic rings. The zero-order chi connectivity index (χ0) is 3.58. The van der Waals surface area contributed by atoms with Gasteiger partial charge in [0.25, 0.3) is 0 Å². The summed E-state index contributed by atoms with van der Waals surface area (Å²) in [5.74, 6) is 0. The molecule has 0 aromatic rings.